The smallest absolute Gasteiger partial charge is 0.356 e. The summed E-state index contributed by atoms with van der Waals surface area (Å²) in [4.78, 5) is 27.0. The van der Waals surface area contributed by atoms with E-state index in [2.05, 4.69) is 4.98 Å². The number of carbonyl (C=O) groups is 2. The number of esters is 2. The molecule has 0 radical (unpaired) electrons. The van der Waals surface area contributed by atoms with Gasteiger partial charge in [-0.05, 0) is 32.9 Å². The molecule has 0 aliphatic carbocycles. The molecule has 5 nitrogen and oxygen atoms in total. The number of carbonyl (C=O) groups excluding carboxylic acids is 2. The summed E-state index contributed by atoms with van der Waals surface area (Å²) < 4.78 is 9.68. The summed E-state index contributed by atoms with van der Waals surface area (Å²) >= 11 is 0. The van der Waals surface area contributed by atoms with Crippen LogP contribution in [-0.2, 0) is 9.47 Å². The fourth-order valence-electron chi connectivity index (χ4n) is 1.31. The highest BCUT2D eigenvalue weighted by atomic mass is 16.5. The number of aryl methyl sites for hydroxylation is 1. The predicted octanol–water partition coefficient (Wildman–Crippen LogP) is 1.74. The Morgan fingerprint density at radius 3 is 2.29 bits per heavy atom. The SMILES string of the molecule is CCOC(=O)c1cc(C)nc(C(=O)OCC)c1. The lowest BCUT2D eigenvalue weighted by Crippen LogP contribution is -2.11. The molecule has 0 spiro atoms. The van der Waals surface area contributed by atoms with Crippen LogP contribution in [0.3, 0.4) is 0 Å². The Morgan fingerprint density at radius 1 is 1.12 bits per heavy atom. The van der Waals surface area contributed by atoms with Gasteiger partial charge >= 0.3 is 11.9 Å². The van der Waals surface area contributed by atoms with E-state index >= 15 is 0 Å². The molecule has 1 heterocycles. The standard InChI is InChI=1S/C12H15NO4/c1-4-16-11(14)9-6-8(3)13-10(7-9)12(15)17-5-2/h6-7H,4-5H2,1-3H3. The second-order valence-electron chi connectivity index (χ2n) is 3.32. The largest absolute Gasteiger partial charge is 0.462 e. The molecule has 0 N–H and O–H groups in total. The van der Waals surface area contributed by atoms with Crippen LogP contribution in [0.1, 0.15) is 40.4 Å². The summed E-state index contributed by atoms with van der Waals surface area (Å²) in [5, 5.41) is 0. The summed E-state index contributed by atoms with van der Waals surface area (Å²) in [5.41, 5.74) is 0.996. The first kappa shape index (κ1) is 13.2. The Bertz CT molecular complexity index is 392. The molecule has 0 aromatic carbocycles. The van der Waals surface area contributed by atoms with Crippen molar-refractivity contribution in [1.29, 1.82) is 0 Å². The van der Waals surface area contributed by atoms with Crippen LogP contribution in [-0.4, -0.2) is 30.1 Å². The number of hydrogen-bond acceptors (Lipinski definition) is 5. The van der Waals surface area contributed by atoms with E-state index in [4.69, 9.17) is 9.47 Å². The van der Waals surface area contributed by atoms with Gasteiger partial charge in [-0.1, -0.05) is 0 Å². The molecule has 0 aliphatic heterocycles. The lowest BCUT2D eigenvalue weighted by atomic mass is 10.2. The maximum absolute atomic E-state index is 11.5. The van der Waals surface area contributed by atoms with Gasteiger partial charge in [-0.15, -0.1) is 0 Å². The molecule has 1 rings (SSSR count). The van der Waals surface area contributed by atoms with Gasteiger partial charge < -0.3 is 9.47 Å². The monoisotopic (exact) mass is 237 g/mol. The first-order valence-corrected chi connectivity index (χ1v) is 5.41. The Hall–Kier alpha value is -1.91. The minimum absolute atomic E-state index is 0.120. The lowest BCUT2D eigenvalue weighted by molar-refractivity contribution is 0.0518. The Morgan fingerprint density at radius 2 is 1.71 bits per heavy atom. The molecule has 1 aromatic heterocycles. The Balaban J connectivity index is 3.01. The van der Waals surface area contributed by atoms with Crippen molar-refractivity contribution in [2.45, 2.75) is 20.8 Å². The molecule has 0 aliphatic rings. The van der Waals surface area contributed by atoms with E-state index in [0.717, 1.165) is 0 Å². The van der Waals surface area contributed by atoms with E-state index in [9.17, 15) is 9.59 Å². The van der Waals surface area contributed by atoms with Gasteiger partial charge in [0.25, 0.3) is 0 Å². The van der Waals surface area contributed by atoms with Crippen LogP contribution in [0, 0.1) is 6.92 Å². The van der Waals surface area contributed by atoms with Crippen molar-refractivity contribution in [3.8, 4) is 0 Å². The molecule has 0 saturated carbocycles. The minimum Gasteiger partial charge on any atom is -0.462 e. The number of pyridine rings is 1. The van der Waals surface area contributed by atoms with Gasteiger partial charge in [0.1, 0.15) is 5.69 Å². The summed E-state index contributed by atoms with van der Waals surface area (Å²) in [6.07, 6.45) is 0. The number of nitrogens with zero attached hydrogens (tertiary/aromatic N) is 1. The van der Waals surface area contributed by atoms with Gasteiger partial charge in [0.15, 0.2) is 0 Å². The van der Waals surface area contributed by atoms with E-state index in [0.29, 0.717) is 11.3 Å². The second kappa shape index (κ2) is 5.98. The van der Waals surface area contributed by atoms with Crippen molar-refractivity contribution in [3.05, 3.63) is 29.1 Å². The normalized spacial score (nSPS) is 9.82. The van der Waals surface area contributed by atoms with Crippen molar-refractivity contribution in [2.24, 2.45) is 0 Å². The van der Waals surface area contributed by atoms with E-state index < -0.39 is 11.9 Å². The topological polar surface area (TPSA) is 65.5 Å². The number of aromatic nitrogens is 1. The van der Waals surface area contributed by atoms with Gasteiger partial charge in [-0.25, -0.2) is 14.6 Å². The van der Waals surface area contributed by atoms with Gasteiger partial charge in [0, 0.05) is 5.69 Å². The van der Waals surface area contributed by atoms with E-state index in [1.807, 2.05) is 0 Å². The maximum atomic E-state index is 11.5. The van der Waals surface area contributed by atoms with E-state index in [1.54, 1.807) is 26.8 Å². The zero-order chi connectivity index (χ0) is 12.8. The number of rotatable bonds is 4. The van der Waals surface area contributed by atoms with Gasteiger partial charge in [-0.3, -0.25) is 0 Å². The number of ether oxygens (including phenoxy) is 2. The zero-order valence-corrected chi connectivity index (χ0v) is 10.1. The van der Waals surface area contributed by atoms with E-state index in [1.165, 1.54) is 6.07 Å². The van der Waals surface area contributed by atoms with Crippen molar-refractivity contribution in [2.75, 3.05) is 13.2 Å². The molecule has 92 valence electrons. The summed E-state index contributed by atoms with van der Waals surface area (Å²) in [6.45, 7) is 5.68. The maximum Gasteiger partial charge on any atom is 0.356 e. The molecule has 0 amide bonds. The fourth-order valence-corrected chi connectivity index (χ4v) is 1.31. The molecule has 0 bridgehead atoms. The van der Waals surface area contributed by atoms with Crippen LogP contribution in [0.5, 0.6) is 0 Å². The van der Waals surface area contributed by atoms with Crippen LogP contribution in [0.15, 0.2) is 12.1 Å². The summed E-state index contributed by atoms with van der Waals surface area (Å²) in [5.74, 6) is -1.01. The third-order valence-electron chi connectivity index (χ3n) is 1.95. The van der Waals surface area contributed by atoms with Crippen LogP contribution in [0.2, 0.25) is 0 Å². The molecule has 0 fully saturated rings. The lowest BCUT2D eigenvalue weighted by Gasteiger charge is -2.06. The highest BCUT2D eigenvalue weighted by Gasteiger charge is 2.14. The van der Waals surface area contributed by atoms with Crippen molar-refractivity contribution >= 4 is 11.9 Å². The Labute approximate surface area is 99.8 Å². The van der Waals surface area contributed by atoms with Gasteiger partial charge in [0.05, 0.1) is 18.8 Å². The molecular formula is C12H15NO4. The third-order valence-corrected chi connectivity index (χ3v) is 1.95. The van der Waals surface area contributed by atoms with Crippen molar-refractivity contribution in [3.63, 3.8) is 0 Å². The van der Waals surface area contributed by atoms with Crippen molar-refractivity contribution in [1.82, 2.24) is 4.98 Å². The molecule has 0 unspecified atom stereocenters. The molecule has 1 aromatic rings. The minimum atomic E-state index is -0.540. The highest BCUT2D eigenvalue weighted by molar-refractivity contribution is 5.94. The quantitative estimate of drug-likeness (QED) is 0.746. The molecular weight excluding hydrogens is 222 g/mol. The highest BCUT2D eigenvalue weighted by Crippen LogP contribution is 2.08. The molecule has 0 saturated heterocycles. The average molecular weight is 237 g/mol. The van der Waals surface area contributed by atoms with Gasteiger partial charge in [0.2, 0.25) is 0 Å². The van der Waals surface area contributed by atoms with Crippen LogP contribution < -0.4 is 0 Å². The van der Waals surface area contributed by atoms with Crippen LogP contribution >= 0.6 is 0 Å². The fraction of sp³-hybridized carbons (Fsp3) is 0.417. The first-order chi connectivity index (χ1) is 8.08. The molecule has 0 atom stereocenters. The summed E-state index contributed by atoms with van der Waals surface area (Å²) in [7, 11) is 0. The van der Waals surface area contributed by atoms with Crippen LogP contribution in [0.25, 0.3) is 0 Å². The van der Waals surface area contributed by atoms with Crippen molar-refractivity contribution < 1.29 is 19.1 Å². The first-order valence-electron chi connectivity index (χ1n) is 5.41. The van der Waals surface area contributed by atoms with Gasteiger partial charge in [-0.2, -0.15) is 0 Å². The second-order valence-corrected chi connectivity index (χ2v) is 3.32. The third kappa shape index (κ3) is 3.55. The zero-order valence-electron chi connectivity index (χ0n) is 10.1. The summed E-state index contributed by atoms with van der Waals surface area (Å²) in [6, 6.07) is 2.95. The number of hydrogen-bond donors (Lipinski definition) is 0. The predicted molar refractivity (Wildman–Crippen MR) is 60.9 cm³/mol. The molecule has 17 heavy (non-hydrogen) atoms. The van der Waals surface area contributed by atoms with Crippen LogP contribution in [0.4, 0.5) is 0 Å². The Kier molecular flexibility index (Phi) is 4.63. The van der Waals surface area contributed by atoms with E-state index in [-0.39, 0.29) is 18.9 Å². The molecule has 5 heteroatoms. The average Bonchev–Trinajstić information content (AvgIpc) is 2.29.